The maximum absolute atomic E-state index is 12.2. The molecule has 0 aromatic heterocycles. The van der Waals surface area contributed by atoms with Crippen molar-refractivity contribution in [3.8, 4) is 0 Å². The molecule has 3 rings (SSSR count). The summed E-state index contributed by atoms with van der Waals surface area (Å²) in [5, 5.41) is 5.97. The Labute approximate surface area is 151 Å². The predicted octanol–water partition coefficient (Wildman–Crippen LogP) is 5.16. The SMILES string of the molecule is O=C(NCCSCc1ccc(Cl)cc1)c1ccc2ccccc2c1. The van der Waals surface area contributed by atoms with Crippen LogP contribution in [0.5, 0.6) is 0 Å². The molecule has 0 radical (unpaired) electrons. The summed E-state index contributed by atoms with van der Waals surface area (Å²) in [6, 6.07) is 21.7. The molecule has 3 aromatic rings. The van der Waals surface area contributed by atoms with Crippen LogP contribution in [0.3, 0.4) is 0 Å². The lowest BCUT2D eigenvalue weighted by molar-refractivity contribution is 0.0956. The van der Waals surface area contributed by atoms with Gasteiger partial charge < -0.3 is 5.32 Å². The predicted molar refractivity (Wildman–Crippen MR) is 104 cm³/mol. The van der Waals surface area contributed by atoms with E-state index in [1.807, 2.05) is 66.7 Å². The highest BCUT2D eigenvalue weighted by atomic mass is 35.5. The van der Waals surface area contributed by atoms with E-state index >= 15 is 0 Å². The van der Waals surface area contributed by atoms with E-state index in [2.05, 4.69) is 5.32 Å². The largest absolute Gasteiger partial charge is 0.351 e. The highest BCUT2D eigenvalue weighted by molar-refractivity contribution is 7.98. The molecule has 1 amide bonds. The van der Waals surface area contributed by atoms with E-state index < -0.39 is 0 Å². The van der Waals surface area contributed by atoms with Crippen molar-refractivity contribution in [2.24, 2.45) is 0 Å². The molecule has 0 aliphatic rings. The molecule has 4 heteroatoms. The molecule has 2 nitrogen and oxygen atoms in total. The van der Waals surface area contributed by atoms with E-state index in [9.17, 15) is 4.79 Å². The molecule has 0 spiro atoms. The number of hydrogen-bond acceptors (Lipinski definition) is 2. The fraction of sp³-hybridized carbons (Fsp3) is 0.150. The molecule has 0 bridgehead atoms. The molecule has 3 aromatic carbocycles. The first kappa shape index (κ1) is 16.9. The number of nitrogens with one attached hydrogen (secondary N) is 1. The van der Waals surface area contributed by atoms with Gasteiger partial charge in [0.1, 0.15) is 0 Å². The van der Waals surface area contributed by atoms with Crippen LogP contribution in [-0.2, 0) is 5.75 Å². The van der Waals surface area contributed by atoms with Crippen molar-refractivity contribution < 1.29 is 4.79 Å². The van der Waals surface area contributed by atoms with Gasteiger partial charge in [-0.15, -0.1) is 0 Å². The Balaban J connectivity index is 1.45. The average molecular weight is 356 g/mol. The Hall–Kier alpha value is -1.97. The number of thioether (sulfide) groups is 1. The van der Waals surface area contributed by atoms with Crippen LogP contribution in [0.1, 0.15) is 15.9 Å². The summed E-state index contributed by atoms with van der Waals surface area (Å²) in [5.74, 6) is 1.78. The maximum atomic E-state index is 12.2. The molecule has 0 saturated heterocycles. The number of rotatable bonds is 6. The normalized spacial score (nSPS) is 10.7. The molecule has 0 fully saturated rings. The first-order valence-electron chi connectivity index (χ1n) is 7.81. The molecule has 1 N–H and O–H groups in total. The fourth-order valence-electron chi connectivity index (χ4n) is 2.44. The van der Waals surface area contributed by atoms with Crippen LogP contribution in [0.2, 0.25) is 5.02 Å². The minimum absolute atomic E-state index is 0.0205. The van der Waals surface area contributed by atoms with Crippen molar-refractivity contribution in [1.29, 1.82) is 0 Å². The summed E-state index contributed by atoms with van der Waals surface area (Å²) >= 11 is 7.66. The van der Waals surface area contributed by atoms with Crippen molar-refractivity contribution in [1.82, 2.24) is 5.32 Å². The van der Waals surface area contributed by atoms with E-state index in [0.717, 1.165) is 27.3 Å². The average Bonchev–Trinajstić information content (AvgIpc) is 2.62. The Morgan fingerprint density at radius 2 is 1.71 bits per heavy atom. The van der Waals surface area contributed by atoms with Crippen LogP contribution >= 0.6 is 23.4 Å². The second kappa shape index (κ2) is 8.22. The molecular weight excluding hydrogens is 338 g/mol. The highest BCUT2D eigenvalue weighted by Gasteiger charge is 2.05. The highest BCUT2D eigenvalue weighted by Crippen LogP contribution is 2.16. The molecule has 0 atom stereocenters. The van der Waals surface area contributed by atoms with Gasteiger partial charge in [-0.1, -0.05) is 54.1 Å². The summed E-state index contributed by atoms with van der Waals surface area (Å²) in [5.41, 5.74) is 1.95. The Morgan fingerprint density at radius 1 is 0.958 bits per heavy atom. The van der Waals surface area contributed by atoms with Crippen molar-refractivity contribution >= 4 is 40.0 Å². The first-order chi connectivity index (χ1) is 11.7. The summed E-state index contributed by atoms with van der Waals surface area (Å²) in [6.07, 6.45) is 0. The molecular formula is C20H18ClNOS. The monoisotopic (exact) mass is 355 g/mol. The van der Waals surface area contributed by atoms with E-state index in [-0.39, 0.29) is 5.91 Å². The molecule has 24 heavy (non-hydrogen) atoms. The van der Waals surface area contributed by atoms with Crippen molar-refractivity contribution in [2.75, 3.05) is 12.3 Å². The molecule has 0 saturated carbocycles. The number of benzene rings is 3. The van der Waals surface area contributed by atoms with Gasteiger partial charge in [0.2, 0.25) is 0 Å². The summed E-state index contributed by atoms with van der Waals surface area (Å²) in [7, 11) is 0. The van der Waals surface area contributed by atoms with Gasteiger partial charge in [-0.3, -0.25) is 4.79 Å². The topological polar surface area (TPSA) is 29.1 Å². The fourth-order valence-corrected chi connectivity index (χ4v) is 3.38. The van der Waals surface area contributed by atoms with Gasteiger partial charge in [0.05, 0.1) is 0 Å². The number of fused-ring (bicyclic) bond motifs is 1. The van der Waals surface area contributed by atoms with Gasteiger partial charge in [-0.25, -0.2) is 0 Å². The third-order valence-corrected chi connectivity index (χ3v) is 5.01. The van der Waals surface area contributed by atoms with Gasteiger partial charge in [-0.2, -0.15) is 11.8 Å². The number of carbonyl (C=O) groups is 1. The minimum atomic E-state index is -0.0205. The van der Waals surface area contributed by atoms with Gasteiger partial charge in [0.15, 0.2) is 0 Å². The number of carbonyl (C=O) groups excluding carboxylic acids is 1. The lowest BCUT2D eigenvalue weighted by atomic mass is 10.1. The van der Waals surface area contributed by atoms with Crippen molar-refractivity contribution in [2.45, 2.75) is 5.75 Å². The number of hydrogen-bond donors (Lipinski definition) is 1. The van der Waals surface area contributed by atoms with E-state index in [0.29, 0.717) is 12.1 Å². The van der Waals surface area contributed by atoms with Crippen LogP contribution in [0.25, 0.3) is 10.8 Å². The molecule has 0 aliphatic heterocycles. The van der Waals surface area contributed by atoms with Crippen molar-refractivity contribution in [3.63, 3.8) is 0 Å². The van der Waals surface area contributed by atoms with Gasteiger partial charge in [0.25, 0.3) is 5.91 Å². The van der Waals surface area contributed by atoms with Crippen LogP contribution in [0.4, 0.5) is 0 Å². The number of amides is 1. The summed E-state index contributed by atoms with van der Waals surface area (Å²) in [6.45, 7) is 0.657. The molecule has 0 unspecified atom stereocenters. The zero-order valence-corrected chi connectivity index (χ0v) is 14.7. The Bertz CT molecular complexity index is 832. The maximum Gasteiger partial charge on any atom is 0.251 e. The zero-order valence-electron chi connectivity index (χ0n) is 13.2. The molecule has 122 valence electrons. The first-order valence-corrected chi connectivity index (χ1v) is 9.35. The van der Waals surface area contributed by atoms with Crippen LogP contribution < -0.4 is 5.32 Å². The summed E-state index contributed by atoms with van der Waals surface area (Å²) < 4.78 is 0. The van der Waals surface area contributed by atoms with E-state index in [1.54, 1.807) is 11.8 Å². The minimum Gasteiger partial charge on any atom is -0.351 e. The lowest BCUT2D eigenvalue weighted by Crippen LogP contribution is -2.25. The Kier molecular flexibility index (Phi) is 5.78. The summed E-state index contributed by atoms with van der Waals surface area (Å²) in [4.78, 5) is 12.2. The standard InChI is InChI=1S/C20H18ClNOS/c21-19-9-5-15(6-10-19)14-24-12-11-22-20(23)18-8-7-16-3-1-2-4-17(16)13-18/h1-10,13H,11-12,14H2,(H,22,23). The smallest absolute Gasteiger partial charge is 0.251 e. The molecule has 0 aliphatic carbocycles. The Morgan fingerprint density at radius 3 is 2.50 bits per heavy atom. The van der Waals surface area contributed by atoms with Crippen LogP contribution in [0.15, 0.2) is 66.7 Å². The van der Waals surface area contributed by atoms with Gasteiger partial charge >= 0.3 is 0 Å². The van der Waals surface area contributed by atoms with Gasteiger partial charge in [-0.05, 0) is 40.6 Å². The third kappa shape index (κ3) is 4.53. The van der Waals surface area contributed by atoms with Crippen molar-refractivity contribution in [3.05, 3.63) is 82.9 Å². The zero-order chi connectivity index (χ0) is 16.8. The second-order valence-electron chi connectivity index (χ2n) is 5.50. The lowest BCUT2D eigenvalue weighted by Gasteiger charge is -2.07. The van der Waals surface area contributed by atoms with E-state index in [4.69, 9.17) is 11.6 Å². The van der Waals surface area contributed by atoms with Crippen LogP contribution in [-0.4, -0.2) is 18.2 Å². The van der Waals surface area contributed by atoms with Gasteiger partial charge in [0, 0.05) is 28.6 Å². The third-order valence-electron chi connectivity index (χ3n) is 3.73. The van der Waals surface area contributed by atoms with E-state index in [1.165, 1.54) is 5.56 Å². The van der Waals surface area contributed by atoms with Crippen LogP contribution in [0, 0.1) is 0 Å². The quantitative estimate of drug-likeness (QED) is 0.619. The second-order valence-corrected chi connectivity index (χ2v) is 7.04. The molecule has 0 heterocycles. The number of halogens is 1.